The first-order valence-corrected chi connectivity index (χ1v) is 11.4. The Morgan fingerprint density at radius 3 is 2.10 bits per heavy atom. The van der Waals surface area contributed by atoms with Gasteiger partial charge in [-0.1, -0.05) is 30.3 Å². The molecule has 5 fully saturated rings. The summed E-state index contributed by atoms with van der Waals surface area (Å²) >= 11 is 0. The molecule has 1 N–H and O–H groups in total. The highest BCUT2D eigenvalue weighted by molar-refractivity contribution is 5.92. The quantitative estimate of drug-likeness (QED) is 0.787. The average molecular weight is 393 g/mol. The van der Waals surface area contributed by atoms with Gasteiger partial charge in [0, 0.05) is 25.2 Å². The summed E-state index contributed by atoms with van der Waals surface area (Å²) in [5.41, 5.74) is 0.988. The van der Waals surface area contributed by atoms with Crippen LogP contribution in [0.5, 0.6) is 0 Å². The van der Waals surface area contributed by atoms with E-state index in [1.165, 1.54) is 19.3 Å². The summed E-state index contributed by atoms with van der Waals surface area (Å²) in [6, 6.07) is 10.0. The highest BCUT2D eigenvalue weighted by atomic mass is 16.2. The third-order valence-electron chi connectivity index (χ3n) is 7.85. The number of nitrogens with one attached hydrogen (secondary N) is 1. The van der Waals surface area contributed by atoms with Gasteiger partial charge in [-0.25, -0.2) is 0 Å². The number of likely N-dealkylation sites (tertiary alicyclic amines) is 1. The van der Waals surface area contributed by atoms with Gasteiger partial charge in [0.2, 0.25) is 11.8 Å². The van der Waals surface area contributed by atoms with Crippen LogP contribution in [0.4, 0.5) is 0 Å². The molecule has 1 saturated heterocycles. The van der Waals surface area contributed by atoms with Crippen LogP contribution in [-0.4, -0.2) is 35.8 Å². The Bertz CT molecular complexity index is 757. The van der Waals surface area contributed by atoms with Crippen molar-refractivity contribution in [3.05, 3.63) is 42.0 Å². The van der Waals surface area contributed by atoms with Crippen LogP contribution in [0.1, 0.15) is 56.9 Å². The fourth-order valence-electron chi connectivity index (χ4n) is 6.92. The van der Waals surface area contributed by atoms with E-state index in [1.807, 2.05) is 36.4 Å². The van der Waals surface area contributed by atoms with E-state index in [0.29, 0.717) is 5.91 Å². The number of piperidine rings is 1. The van der Waals surface area contributed by atoms with E-state index in [0.717, 1.165) is 68.5 Å². The second-order valence-corrected chi connectivity index (χ2v) is 10.0. The number of rotatable bonds is 4. The van der Waals surface area contributed by atoms with E-state index in [1.54, 1.807) is 6.08 Å². The summed E-state index contributed by atoms with van der Waals surface area (Å²) < 4.78 is 0. The third kappa shape index (κ3) is 3.86. The summed E-state index contributed by atoms with van der Waals surface area (Å²) in [4.78, 5) is 27.8. The highest BCUT2D eigenvalue weighted by Gasteiger charge is 2.55. The van der Waals surface area contributed by atoms with E-state index < -0.39 is 0 Å². The van der Waals surface area contributed by atoms with Gasteiger partial charge in [-0.3, -0.25) is 9.59 Å². The normalized spacial score (nSPS) is 33.9. The zero-order chi connectivity index (χ0) is 19.8. The molecule has 154 valence electrons. The number of benzene rings is 1. The molecule has 4 saturated carbocycles. The first-order chi connectivity index (χ1) is 14.1. The summed E-state index contributed by atoms with van der Waals surface area (Å²) in [6.07, 6.45) is 12.7. The second-order valence-electron chi connectivity index (χ2n) is 10.0. The summed E-state index contributed by atoms with van der Waals surface area (Å²) in [7, 11) is 0. The second kappa shape index (κ2) is 7.62. The smallest absolute Gasteiger partial charge is 0.244 e. The molecule has 4 nitrogen and oxygen atoms in total. The Labute approximate surface area is 173 Å². The van der Waals surface area contributed by atoms with Crippen molar-refractivity contribution in [2.45, 2.75) is 57.4 Å². The third-order valence-corrected chi connectivity index (χ3v) is 7.85. The van der Waals surface area contributed by atoms with Crippen molar-refractivity contribution in [2.24, 2.45) is 23.2 Å². The van der Waals surface area contributed by atoms with E-state index in [4.69, 9.17) is 0 Å². The van der Waals surface area contributed by atoms with E-state index in [-0.39, 0.29) is 17.4 Å². The first-order valence-electron chi connectivity index (χ1n) is 11.4. The van der Waals surface area contributed by atoms with Crippen LogP contribution in [0.2, 0.25) is 0 Å². The Balaban J connectivity index is 1.13. The Kier molecular flexibility index (Phi) is 4.97. The number of hydrogen-bond donors (Lipinski definition) is 1. The molecule has 1 heterocycles. The number of hydrogen-bond acceptors (Lipinski definition) is 2. The van der Waals surface area contributed by atoms with Gasteiger partial charge in [0.05, 0.1) is 5.41 Å². The molecule has 29 heavy (non-hydrogen) atoms. The molecular weight excluding hydrogens is 360 g/mol. The lowest BCUT2D eigenvalue weighted by atomic mass is 9.49. The van der Waals surface area contributed by atoms with Crippen LogP contribution in [-0.2, 0) is 9.59 Å². The fourth-order valence-corrected chi connectivity index (χ4v) is 6.92. The van der Waals surface area contributed by atoms with Gasteiger partial charge in [-0.2, -0.15) is 0 Å². The monoisotopic (exact) mass is 392 g/mol. The van der Waals surface area contributed by atoms with Gasteiger partial charge < -0.3 is 10.2 Å². The molecule has 0 spiro atoms. The number of nitrogens with zero attached hydrogens (tertiary/aromatic N) is 1. The van der Waals surface area contributed by atoms with Gasteiger partial charge >= 0.3 is 0 Å². The van der Waals surface area contributed by atoms with Gasteiger partial charge in [0.25, 0.3) is 0 Å². The van der Waals surface area contributed by atoms with E-state index in [9.17, 15) is 9.59 Å². The van der Waals surface area contributed by atoms with Crippen molar-refractivity contribution in [1.82, 2.24) is 10.2 Å². The van der Waals surface area contributed by atoms with Crippen molar-refractivity contribution in [1.29, 1.82) is 0 Å². The van der Waals surface area contributed by atoms with E-state index >= 15 is 0 Å². The lowest BCUT2D eigenvalue weighted by molar-refractivity contribution is -0.158. The molecule has 0 radical (unpaired) electrons. The maximum absolute atomic E-state index is 13.5. The van der Waals surface area contributed by atoms with Crippen LogP contribution in [0, 0.1) is 23.2 Å². The zero-order valence-corrected chi connectivity index (χ0v) is 17.2. The summed E-state index contributed by atoms with van der Waals surface area (Å²) in [5, 5.41) is 3.12. The zero-order valence-electron chi connectivity index (χ0n) is 17.2. The van der Waals surface area contributed by atoms with Crippen molar-refractivity contribution in [3.63, 3.8) is 0 Å². The maximum atomic E-state index is 13.5. The molecular formula is C25H32N2O2. The molecule has 5 aliphatic rings. The molecule has 4 aliphatic carbocycles. The van der Waals surface area contributed by atoms with Gasteiger partial charge in [-0.15, -0.1) is 0 Å². The topological polar surface area (TPSA) is 49.4 Å². The largest absolute Gasteiger partial charge is 0.350 e. The molecule has 1 aliphatic heterocycles. The van der Waals surface area contributed by atoms with Gasteiger partial charge in [0.1, 0.15) is 0 Å². The SMILES string of the molecule is O=C(/C=C/c1ccccc1)NC1CCN(C(=O)C23CC4CC(CC(C4)C2)C3)CC1. The van der Waals surface area contributed by atoms with Gasteiger partial charge in [0.15, 0.2) is 0 Å². The minimum atomic E-state index is -0.0419. The van der Waals surface area contributed by atoms with Crippen molar-refractivity contribution in [3.8, 4) is 0 Å². The predicted molar refractivity (Wildman–Crippen MR) is 114 cm³/mol. The maximum Gasteiger partial charge on any atom is 0.244 e. The molecule has 1 aromatic rings. The molecule has 0 aromatic heterocycles. The van der Waals surface area contributed by atoms with Crippen molar-refractivity contribution in [2.75, 3.05) is 13.1 Å². The van der Waals surface area contributed by atoms with Crippen molar-refractivity contribution < 1.29 is 9.59 Å². The van der Waals surface area contributed by atoms with Crippen LogP contribution >= 0.6 is 0 Å². The Hall–Kier alpha value is -2.10. The molecule has 1 aromatic carbocycles. The standard InChI is InChI=1S/C25H32N2O2/c28-23(7-6-18-4-2-1-3-5-18)26-22-8-10-27(11-9-22)24(29)25-15-19-12-20(16-25)14-21(13-19)17-25/h1-7,19-22H,8-17H2,(H,26,28)/b7-6+. The molecule has 0 atom stereocenters. The van der Waals surface area contributed by atoms with Crippen molar-refractivity contribution >= 4 is 17.9 Å². The van der Waals surface area contributed by atoms with Crippen LogP contribution in [0.3, 0.4) is 0 Å². The van der Waals surface area contributed by atoms with Gasteiger partial charge in [-0.05, 0) is 80.8 Å². The minimum absolute atomic E-state index is 0.0384. The average Bonchev–Trinajstić information content (AvgIpc) is 2.72. The Morgan fingerprint density at radius 2 is 1.52 bits per heavy atom. The van der Waals surface area contributed by atoms with Crippen LogP contribution in [0.15, 0.2) is 36.4 Å². The number of carbonyl (C=O) groups excluding carboxylic acids is 2. The summed E-state index contributed by atoms with van der Waals surface area (Å²) in [5.74, 6) is 2.81. The minimum Gasteiger partial charge on any atom is -0.350 e. The van der Waals surface area contributed by atoms with Crippen LogP contribution < -0.4 is 5.32 Å². The number of amides is 2. The lowest BCUT2D eigenvalue weighted by Gasteiger charge is -2.57. The molecule has 4 heteroatoms. The number of carbonyl (C=O) groups is 2. The predicted octanol–water partition coefficient (Wildman–Crippen LogP) is 4.02. The van der Waals surface area contributed by atoms with E-state index in [2.05, 4.69) is 10.2 Å². The molecule has 4 bridgehead atoms. The Morgan fingerprint density at radius 1 is 0.931 bits per heavy atom. The molecule has 2 amide bonds. The summed E-state index contributed by atoms with van der Waals surface area (Å²) in [6.45, 7) is 1.57. The highest BCUT2D eigenvalue weighted by Crippen LogP contribution is 2.60. The molecule has 6 rings (SSSR count). The lowest BCUT2D eigenvalue weighted by Crippen LogP contribution is -2.56. The van der Waals surface area contributed by atoms with Crippen LogP contribution in [0.25, 0.3) is 6.08 Å². The molecule has 0 unspecified atom stereocenters. The fraction of sp³-hybridized carbons (Fsp3) is 0.600. The first kappa shape index (κ1) is 18.9.